The Morgan fingerprint density at radius 1 is 1.00 bits per heavy atom. The molecule has 0 atom stereocenters. The van der Waals surface area contributed by atoms with E-state index < -0.39 is 5.60 Å². The summed E-state index contributed by atoms with van der Waals surface area (Å²) in [5.74, 6) is 3.80. The van der Waals surface area contributed by atoms with Crippen LogP contribution in [-0.4, -0.2) is 72.7 Å². The molecule has 5 rings (SSSR count). The largest absolute Gasteiger partial charge is 0.497 e. The molecule has 0 aliphatic carbocycles. The highest BCUT2D eigenvalue weighted by Crippen LogP contribution is 2.36. The van der Waals surface area contributed by atoms with E-state index in [1.54, 1.807) is 14.2 Å². The zero-order valence-electron chi connectivity index (χ0n) is 20.3. The number of piperidine rings is 1. The quantitative estimate of drug-likeness (QED) is 0.550. The molecular formula is C27H32N2O5S. The second-order valence-corrected chi connectivity index (χ2v) is 10.5. The number of hydrogen-bond acceptors (Lipinski definition) is 7. The molecule has 8 heteroatoms. The van der Waals surface area contributed by atoms with Crippen molar-refractivity contribution in [3.63, 3.8) is 0 Å². The zero-order valence-corrected chi connectivity index (χ0v) is 21.1. The minimum Gasteiger partial charge on any atom is -0.497 e. The number of methoxy groups -OCH3 is 2. The van der Waals surface area contributed by atoms with Gasteiger partial charge in [0.1, 0.15) is 17.1 Å². The second-order valence-electron chi connectivity index (χ2n) is 9.30. The summed E-state index contributed by atoms with van der Waals surface area (Å²) in [6.07, 6.45) is 1.27. The molecule has 0 saturated carbocycles. The molecule has 2 aromatic carbocycles. The van der Waals surface area contributed by atoms with Crippen molar-refractivity contribution in [2.45, 2.75) is 25.0 Å². The van der Waals surface area contributed by atoms with Crippen LogP contribution in [0.25, 0.3) is 11.0 Å². The van der Waals surface area contributed by atoms with Crippen LogP contribution in [0.1, 0.15) is 34.5 Å². The zero-order chi connectivity index (χ0) is 24.4. The number of likely N-dealkylation sites (tertiary alicyclic amines) is 1. The number of furan rings is 1. The van der Waals surface area contributed by atoms with Crippen molar-refractivity contribution in [3.05, 3.63) is 59.4 Å². The highest BCUT2D eigenvalue weighted by atomic mass is 32.2. The summed E-state index contributed by atoms with van der Waals surface area (Å²) in [7, 11) is 3.31. The summed E-state index contributed by atoms with van der Waals surface area (Å²) >= 11 is 1.87. The van der Waals surface area contributed by atoms with Crippen LogP contribution in [0.15, 0.2) is 46.9 Å². The van der Waals surface area contributed by atoms with Crippen LogP contribution < -0.4 is 9.47 Å². The molecule has 2 saturated heterocycles. The van der Waals surface area contributed by atoms with E-state index in [0.29, 0.717) is 24.2 Å². The van der Waals surface area contributed by atoms with E-state index in [1.807, 2.05) is 59.1 Å². The Hall–Kier alpha value is -2.68. The Labute approximate surface area is 210 Å². The molecule has 7 nitrogen and oxygen atoms in total. The van der Waals surface area contributed by atoms with Gasteiger partial charge in [0.25, 0.3) is 5.91 Å². The Morgan fingerprint density at radius 3 is 2.34 bits per heavy atom. The van der Waals surface area contributed by atoms with Gasteiger partial charge in [-0.15, -0.1) is 0 Å². The molecule has 1 N–H and O–H groups in total. The maximum atomic E-state index is 12.8. The number of benzene rings is 2. The third kappa shape index (κ3) is 5.15. The monoisotopic (exact) mass is 496 g/mol. The van der Waals surface area contributed by atoms with Gasteiger partial charge in [-0.2, -0.15) is 11.8 Å². The normalized spacial score (nSPS) is 18.5. The molecule has 2 aliphatic rings. The fourth-order valence-electron chi connectivity index (χ4n) is 4.95. The fourth-order valence-corrected chi connectivity index (χ4v) is 5.85. The first-order valence-corrected chi connectivity index (χ1v) is 13.2. The van der Waals surface area contributed by atoms with Crippen LogP contribution in [0.4, 0.5) is 0 Å². The van der Waals surface area contributed by atoms with Gasteiger partial charge in [0, 0.05) is 55.7 Å². The number of carbonyl (C=O) groups is 1. The van der Waals surface area contributed by atoms with Crippen LogP contribution in [0, 0.1) is 0 Å². The Bertz CT molecular complexity index is 1170. The second kappa shape index (κ2) is 10.1. The number of amides is 1. The van der Waals surface area contributed by atoms with Gasteiger partial charge in [-0.25, -0.2) is 0 Å². The average molecular weight is 497 g/mol. The third-order valence-corrected chi connectivity index (χ3v) is 8.01. The lowest BCUT2D eigenvalue weighted by Crippen LogP contribution is -2.42. The van der Waals surface area contributed by atoms with Crippen LogP contribution in [0.3, 0.4) is 0 Å². The third-order valence-electron chi connectivity index (χ3n) is 7.06. The standard InChI is InChI=1S/C27H32N2O5S/c1-32-22-13-19(14-23(17-22)33-2)18-28-7-5-27(31,6-8-28)21-3-4-24-20(15-21)16-25(34-24)26(30)29-9-11-35-12-10-29/h3-4,13-17,31H,5-12,18H2,1-2H3. The van der Waals surface area contributed by atoms with Crippen molar-refractivity contribution < 1.29 is 23.8 Å². The lowest BCUT2D eigenvalue weighted by Gasteiger charge is -2.38. The lowest BCUT2D eigenvalue weighted by molar-refractivity contribution is -0.0276. The van der Waals surface area contributed by atoms with Gasteiger partial charge in [0.05, 0.1) is 19.8 Å². The number of thioether (sulfide) groups is 1. The van der Waals surface area contributed by atoms with Gasteiger partial charge >= 0.3 is 0 Å². The van der Waals surface area contributed by atoms with Crippen molar-refractivity contribution in [2.24, 2.45) is 0 Å². The van der Waals surface area contributed by atoms with Gasteiger partial charge in [-0.05, 0) is 54.3 Å². The van der Waals surface area contributed by atoms with E-state index in [2.05, 4.69) is 4.90 Å². The first-order valence-electron chi connectivity index (χ1n) is 12.1. The number of nitrogens with zero attached hydrogens (tertiary/aromatic N) is 2. The van der Waals surface area contributed by atoms with Gasteiger partial charge in [0.15, 0.2) is 5.76 Å². The molecule has 1 amide bonds. The van der Waals surface area contributed by atoms with E-state index in [4.69, 9.17) is 13.9 Å². The lowest BCUT2D eigenvalue weighted by atomic mass is 9.84. The molecule has 35 heavy (non-hydrogen) atoms. The molecule has 0 unspecified atom stereocenters. The summed E-state index contributed by atoms with van der Waals surface area (Å²) in [4.78, 5) is 17.0. The van der Waals surface area contributed by atoms with Crippen LogP contribution in [0.5, 0.6) is 11.5 Å². The van der Waals surface area contributed by atoms with Crippen molar-refractivity contribution in [1.82, 2.24) is 9.80 Å². The minimum atomic E-state index is -0.901. The molecule has 0 radical (unpaired) electrons. The Kier molecular flexibility index (Phi) is 6.95. The van der Waals surface area contributed by atoms with Crippen molar-refractivity contribution >= 4 is 28.6 Å². The Morgan fingerprint density at radius 2 is 1.69 bits per heavy atom. The van der Waals surface area contributed by atoms with Crippen molar-refractivity contribution in [1.29, 1.82) is 0 Å². The molecule has 0 spiro atoms. The van der Waals surface area contributed by atoms with Crippen LogP contribution >= 0.6 is 11.8 Å². The van der Waals surface area contributed by atoms with E-state index in [1.165, 1.54) is 0 Å². The van der Waals surface area contributed by atoms with Crippen LogP contribution in [0.2, 0.25) is 0 Å². The molecule has 3 aromatic rings. The minimum absolute atomic E-state index is 0.0516. The number of rotatable bonds is 6. The van der Waals surface area contributed by atoms with E-state index in [0.717, 1.165) is 72.2 Å². The van der Waals surface area contributed by atoms with Crippen molar-refractivity contribution in [2.75, 3.05) is 51.9 Å². The maximum Gasteiger partial charge on any atom is 0.289 e. The predicted molar refractivity (Wildman–Crippen MR) is 137 cm³/mol. The van der Waals surface area contributed by atoms with Gasteiger partial charge in [-0.3, -0.25) is 9.69 Å². The number of hydrogen-bond donors (Lipinski definition) is 1. The smallest absolute Gasteiger partial charge is 0.289 e. The summed E-state index contributed by atoms with van der Waals surface area (Å²) in [5, 5.41) is 12.4. The number of ether oxygens (including phenoxy) is 2. The summed E-state index contributed by atoms with van der Waals surface area (Å²) < 4.78 is 16.7. The molecule has 2 fully saturated rings. The number of aliphatic hydroxyl groups is 1. The summed E-state index contributed by atoms with van der Waals surface area (Å²) in [5.41, 5.74) is 1.77. The first kappa shape index (κ1) is 24.0. The van der Waals surface area contributed by atoms with Gasteiger partial charge < -0.3 is 23.9 Å². The van der Waals surface area contributed by atoms with Gasteiger partial charge in [0.2, 0.25) is 0 Å². The van der Waals surface area contributed by atoms with E-state index in [-0.39, 0.29) is 5.91 Å². The van der Waals surface area contributed by atoms with Gasteiger partial charge in [-0.1, -0.05) is 6.07 Å². The maximum absolute atomic E-state index is 12.8. The first-order chi connectivity index (χ1) is 17.0. The molecule has 2 aliphatic heterocycles. The Balaban J connectivity index is 1.27. The molecular weight excluding hydrogens is 464 g/mol. The summed E-state index contributed by atoms with van der Waals surface area (Å²) in [6, 6.07) is 13.5. The number of carbonyl (C=O) groups excluding carboxylic acids is 1. The topological polar surface area (TPSA) is 75.4 Å². The van der Waals surface area contributed by atoms with Crippen LogP contribution in [-0.2, 0) is 12.1 Å². The average Bonchev–Trinajstić information content (AvgIpc) is 3.33. The summed E-state index contributed by atoms with van der Waals surface area (Å²) in [6.45, 7) is 3.83. The van der Waals surface area contributed by atoms with E-state index >= 15 is 0 Å². The highest BCUT2D eigenvalue weighted by molar-refractivity contribution is 7.99. The number of fused-ring (bicyclic) bond motifs is 1. The fraction of sp³-hybridized carbons (Fsp3) is 0.444. The highest BCUT2D eigenvalue weighted by Gasteiger charge is 2.34. The predicted octanol–water partition coefficient (Wildman–Crippen LogP) is 4.12. The van der Waals surface area contributed by atoms with E-state index in [9.17, 15) is 9.90 Å². The molecule has 1 aromatic heterocycles. The molecule has 186 valence electrons. The van der Waals surface area contributed by atoms with Crippen molar-refractivity contribution in [3.8, 4) is 11.5 Å². The molecule has 3 heterocycles. The SMILES string of the molecule is COc1cc(CN2CCC(O)(c3ccc4oc(C(=O)N5CCSCC5)cc4c3)CC2)cc(OC)c1. The molecule has 0 bridgehead atoms.